The average Bonchev–Trinajstić information content (AvgIpc) is 2.47. The molecule has 6 heteroatoms. The summed E-state index contributed by atoms with van der Waals surface area (Å²) >= 11 is 9.11. The smallest absolute Gasteiger partial charge is 0.175 e. The zero-order valence-corrected chi connectivity index (χ0v) is 14.3. The molecule has 110 valence electrons. The minimum absolute atomic E-state index is 0.0690. The zero-order chi connectivity index (χ0) is 15.4. The van der Waals surface area contributed by atoms with E-state index in [9.17, 15) is 9.00 Å². The second kappa shape index (κ2) is 7.20. The average molecular weight is 388 g/mol. The van der Waals surface area contributed by atoms with Gasteiger partial charge in [0.2, 0.25) is 0 Å². The molecule has 1 atom stereocenters. The fourth-order valence-corrected chi connectivity index (χ4v) is 3.39. The first-order valence-corrected chi connectivity index (χ1v) is 8.51. The molecule has 0 bridgehead atoms. The normalized spacial score (nSPS) is 12.0. The summed E-state index contributed by atoms with van der Waals surface area (Å²) < 4.78 is 18.0. The van der Waals surface area contributed by atoms with Crippen LogP contribution in [0.5, 0.6) is 5.75 Å². The van der Waals surface area contributed by atoms with Gasteiger partial charge in [-0.2, -0.15) is 0 Å². The third-order valence-corrected chi connectivity index (χ3v) is 5.01. The van der Waals surface area contributed by atoms with Gasteiger partial charge in [-0.05, 0) is 58.4 Å². The topological polar surface area (TPSA) is 43.4 Å². The molecule has 2 rings (SSSR count). The Kier molecular flexibility index (Phi) is 5.56. The summed E-state index contributed by atoms with van der Waals surface area (Å²) in [4.78, 5) is 12.8. The third kappa shape index (κ3) is 4.15. The number of Topliss-reactive ketones (excluding diaryl/α,β-unsaturated/α-hetero) is 1. The Morgan fingerprint density at radius 2 is 1.90 bits per heavy atom. The highest BCUT2D eigenvalue weighted by Crippen LogP contribution is 2.26. The van der Waals surface area contributed by atoms with Gasteiger partial charge in [0, 0.05) is 15.5 Å². The maximum atomic E-state index is 12.2. The Hall–Kier alpha value is -1.17. The highest BCUT2D eigenvalue weighted by Gasteiger charge is 2.14. The van der Waals surface area contributed by atoms with Crippen LogP contribution in [0.15, 0.2) is 51.8 Å². The summed E-state index contributed by atoms with van der Waals surface area (Å²) in [6.07, 6.45) is 0. The van der Waals surface area contributed by atoms with Crippen LogP contribution in [0.25, 0.3) is 0 Å². The largest absolute Gasteiger partial charge is 0.496 e. The Balaban J connectivity index is 2.12. The summed E-state index contributed by atoms with van der Waals surface area (Å²) in [7, 11) is 0.162. The van der Waals surface area contributed by atoms with E-state index in [-0.39, 0.29) is 11.5 Å². The van der Waals surface area contributed by atoms with E-state index >= 15 is 0 Å². The maximum absolute atomic E-state index is 12.2. The summed E-state index contributed by atoms with van der Waals surface area (Å²) in [5, 5.41) is 0.571. The first-order valence-electron chi connectivity index (χ1n) is 6.02. The van der Waals surface area contributed by atoms with Gasteiger partial charge in [0.1, 0.15) is 5.75 Å². The van der Waals surface area contributed by atoms with Gasteiger partial charge >= 0.3 is 0 Å². The molecule has 0 aromatic heterocycles. The number of methoxy groups -OCH3 is 1. The van der Waals surface area contributed by atoms with E-state index in [1.165, 1.54) is 0 Å². The molecule has 0 spiro atoms. The van der Waals surface area contributed by atoms with E-state index in [0.717, 1.165) is 0 Å². The second-order valence-corrected chi connectivity index (χ2v) is 6.96. The molecule has 0 aliphatic rings. The van der Waals surface area contributed by atoms with Crippen LogP contribution in [-0.2, 0) is 10.8 Å². The van der Waals surface area contributed by atoms with Crippen molar-refractivity contribution in [3.63, 3.8) is 0 Å². The molecule has 0 heterocycles. The summed E-state index contributed by atoms with van der Waals surface area (Å²) in [5.74, 6) is 0.387. The van der Waals surface area contributed by atoms with Crippen LogP contribution in [-0.4, -0.2) is 22.9 Å². The van der Waals surface area contributed by atoms with Crippen LogP contribution in [0.3, 0.4) is 0 Å². The predicted molar refractivity (Wildman–Crippen MR) is 87.8 cm³/mol. The van der Waals surface area contributed by atoms with Gasteiger partial charge in [-0.3, -0.25) is 9.00 Å². The summed E-state index contributed by atoms with van der Waals surface area (Å²) in [6.45, 7) is 0. The van der Waals surface area contributed by atoms with Gasteiger partial charge < -0.3 is 4.74 Å². The minimum atomic E-state index is -1.39. The molecule has 21 heavy (non-hydrogen) atoms. The van der Waals surface area contributed by atoms with Crippen molar-refractivity contribution in [2.75, 3.05) is 12.9 Å². The van der Waals surface area contributed by atoms with Gasteiger partial charge in [-0.25, -0.2) is 0 Å². The lowest BCUT2D eigenvalue weighted by molar-refractivity contribution is 0.102. The Morgan fingerprint density at radius 1 is 1.24 bits per heavy atom. The molecule has 0 saturated heterocycles. The second-order valence-electron chi connectivity index (χ2n) is 4.22. The van der Waals surface area contributed by atoms with Crippen molar-refractivity contribution in [1.82, 2.24) is 0 Å². The van der Waals surface area contributed by atoms with E-state index in [4.69, 9.17) is 16.3 Å². The van der Waals surface area contributed by atoms with Crippen molar-refractivity contribution >= 4 is 44.1 Å². The Labute approximate surface area is 138 Å². The number of benzene rings is 2. The molecule has 3 nitrogen and oxygen atoms in total. The molecule has 0 aliphatic heterocycles. The molecular weight excluding hydrogens is 376 g/mol. The highest BCUT2D eigenvalue weighted by molar-refractivity contribution is 9.10. The summed E-state index contributed by atoms with van der Waals surface area (Å²) in [5.41, 5.74) is 0.491. The van der Waals surface area contributed by atoms with Crippen molar-refractivity contribution in [2.24, 2.45) is 0 Å². The quantitative estimate of drug-likeness (QED) is 0.725. The molecule has 0 N–H and O–H groups in total. The summed E-state index contributed by atoms with van der Waals surface area (Å²) in [6, 6.07) is 11.7. The molecule has 2 aromatic carbocycles. The van der Waals surface area contributed by atoms with E-state index in [1.807, 2.05) is 0 Å². The van der Waals surface area contributed by atoms with Crippen molar-refractivity contribution < 1.29 is 13.7 Å². The first-order chi connectivity index (χ1) is 10.0. The van der Waals surface area contributed by atoms with Crippen molar-refractivity contribution in [1.29, 1.82) is 0 Å². The lowest BCUT2D eigenvalue weighted by atomic mass is 10.1. The number of hydrogen-bond acceptors (Lipinski definition) is 3. The van der Waals surface area contributed by atoms with Crippen LogP contribution in [0, 0.1) is 0 Å². The number of rotatable bonds is 5. The number of ketones is 1. The number of ether oxygens (including phenoxy) is 1. The molecule has 0 saturated carbocycles. The number of carbonyl (C=O) groups excluding carboxylic acids is 1. The Bertz CT molecular complexity index is 686. The molecule has 1 unspecified atom stereocenters. The lowest BCUT2D eigenvalue weighted by Crippen LogP contribution is -2.11. The first kappa shape index (κ1) is 16.2. The van der Waals surface area contributed by atoms with Gasteiger partial charge in [0.25, 0.3) is 0 Å². The third-order valence-electron chi connectivity index (χ3n) is 2.81. The van der Waals surface area contributed by atoms with Gasteiger partial charge in [-0.15, -0.1) is 0 Å². The van der Waals surface area contributed by atoms with Crippen molar-refractivity contribution in [3.05, 3.63) is 57.5 Å². The standard InChI is InChI=1S/C15H12BrClO3S/c1-20-15-7-2-10(8-13(15)16)14(18)9-21(19)12-5-3-11(17)4-6-12/h2-8H,9H2,1H3. The fourth-order valence-electron chi connectivity index (χ4n) is 1.71. The minimum Gasteiger partial charge on any atom is -0.496 e. The van der Waals surface area contributed by atoms with Crippen molar-refractivity contribution in [3.8, 4) is 5.75 Å². The lowest BCUT2D eigenvalue weighted by Gasteiger charge is -2.06. The van der Waals surface area contributed by atoms with Gasteiger partial charge in [0.15, 0.2) is 5.78 Å². The Morgan fingerprint density at radius 3 is 2.48 bits per heavy atom. The number of halogens is 2. The van der Waals surface area contributed by atoms with Crippen LogP contribution in [0.4, 0.5) is 0 Å². The van der Waals surface area contributed by atoms with Gasteiger partial charge in [-0.1, -0.05) is 11.6 Å². The molecular formula is C15H12BrClO3S. The van der Waals surface area contributed by atoms with Crippen LogP contribution in [0.2, 0.25) is 5.02 Å². The number of hydrogen-bond donors (Lipinski definition) is 0. The van der Waals surface area contributed by atoms with Gasteiger partial charge in [0.05, 0.1) is 28.1 Å². The number of carbonyl (C=O) groups is 1. The molecule has 2 aromatic rings. The van der Waals surface area contributed by atoms with Crippen molar-refractivity contribution in [2.45, 2.75) is 4.90 Å². The van der Waals surface area contributed by atoms with Crippen LogP contribution >= 0.6 is 27.5 Å². The molecule has 0 fully saturated rings. The van der Waals surface area contributed by atoms with E-state index in [2.05, 4.69) is 15.9 Å². The van der Waals surface area contributed by atoms with Crippen LogP contribution < -0.4 is 4.74 Å². The van der Waals surface area contributed by atoms with Crippen LogP contribution in [0.1, 0.15) is 10.4 Å². The zero-order valence-electron chi connectivity index (χ0n) is 11.1. The monoisotopic (exact) mass is 386 g/mol. The predicted octanol–water partition coefficient (Wildman–Crippen LogP) is 4.10. The molecule has 0 radical (unpaired) electrons. The van der Waals surface area contributed by atoms with E-state index in [0.29, 0.717) is 25.7 Å². The molecule has 0 aliphatic carbocycles. The van der Waals surface area contributed by atoms with E-state index < -0.39 is 10.8 Å². The fraction of sp³-hybridized carbons (Fsp3) is 0.133. The SMILES string of the molecule is COc1ccc(C(=O)CS(=O)c2ccc(Cl)cc2)cc1Br. The van der Waals surface area contributed by atoms with E-state index in [1.54, 1.807) is 49.6 Å². The highest BCUT2D eigenvalue weighted by atomic mass is 79.9. The molecule has 0 amide bonds. The maximum Gasteiger partial charge on any atom is 0.175 e.